The second kappa shape index (κ2) is 2.68. The molecule has 1 heterocycles. The van der Waals surface area contributed by atoms with Crippen LogP contribution in [0.4, 0.5) is 24.5 Å². The Morgan fingerprint density at radius 1 is 1.31 bits per heavy atom. The maximum Gasteiger partial charge on any atom is 0.491 e. The molecule has 4 N–H and O–H groups in total. The third-order valence-electron chi connectivity index (χ3n) is 1.34. The molecule has 0 aromatic carbocycles. The Kier molecular flexibility index (Phi) is 1.94. The fourth-order valence-electron chi connectivity index (χ4n) is 0.814. The third-order valence-corrected chi connectivity index (χ3v) is 1.34. The van der Waals surface area contributed by atoms with Crippen LogP contribution in [-0.4, -0.2) is 4.57 Å². The Morgan fingerprint density at radius 3 is 2.31 bits per heavy atom. The number of anilines is 2. The van der Waals surface area contributed by atoms with Gasteiger partial charge >= 0.3 is 6.30 Å². The summed E-state index contributed by atoms with van der Waals surface area (Å²) in [6, 6.07) is 0.977. The molecule has 0 aliphatic heterocycles. The first kappa shape index (κ1) is 9.43. The summed E-state index contributed by atoms with van der Waals surface area (Å²) in [6.45, 7) is 0. The minimum atomic E-state index is -4.79. The molecule has 1 aromatic rings. The molecule has 13 heavy (non-hydrogen) atoms. The van der Waals surface area contributed by atoms with Crippen LogP contribution < -0.4 is 17.0 Å². The zero-order valence-electron chi connectivity index (χ0n) is 6.30. The van der Waals surface area contributed by atoms with Gasteiger partial charge in [0.05, 0.1) is 5.69 Å². The normalized spacial score (nSPS) is 11.6. The van der Waals surface area contributed by atoms with Gasteiger partial charge in [0.2, 0.25) is 0 Å². The molecule has 0 spiro atoms. The van der Waals surface area contributed by atoms with Crippen molar-refractivity contribution in [3.05, 3.63) is 22.6 Å². The van der Waals surface area contributed by atoms with Gasteiger partial charge in [0.1, 0.15) is 5.69 Å². The smallest absolute Gasteiger partial charge is 0.397 e. The van der Waals surface area contributed by atoms with Crippen LogP contribution in [0.5, 0.6) is 0 Å². The topological polar surface area (TPSA) is 74.0 Å². The second-order valence-corrected chi connectivity index (χ2v) is 2.37. The highest BCUT2D eigenvalue weighted by molar-refractivity contribution is 5.48. The van der Waals surface area contributed by atoms with Crippen molar-refractivity contribution in [1.29, 1.82) is 0 Å². The number of pyridine rings is 1. The van der Waals surface area contributed by atoms with E-state index in [4.69, 9.17) is 11.5 Å². The van der Waals surface area contributed by atoms with Crippen molar-refractivity contribution in [1.82, 2.24) is 4.57 Å². The van der Waals surface area contributed by atoms with Crippen molar-refractivity contribution in [2.75, 3.05) is 11.5 Å². The standard InChI is InChI=1S/C6H6F3N3O/c7-6(8,9)12-2-3(10)1-4(11)5(12)13/h1-2H,10-11H2. The van der Waals surface area contributed by atoms with Crippen LogP contribution in [0.25, 0.3) is 0 Å². The summed E-state index contributed by atoms with van der Waals surface area (Å²) in [5.41, 5.74) is 8.03. The van der Waals surface area contributed by atoms with Gasteiger partial charge in [0, 0.05) is 6.20 Å². The Balaban J connectivity index is 3.47. The van der Waals surface area contributed by atoms with Crippen LogP contribution in [0.15, 0.2) is 17.1 Å². The summed E-state index contributed by atoms with van der Waals surface area (Å²) >= 11 is 0. The molecule has 72 valence electrons. The molecule has 0 saturated heterocycles. The first-order chi connectivity index (χ1) is 5.82. The molecule has 0 bridgehead atoms. The first-order valence-electron chi connectivity index (χ1n) is 3.17. The van der Waals surface area contributed by atoms with E-state index in [-0.39, 0.29) is 5.69 Å². The average Bonchev–Trinajstić information content (AvgIpc) is 1.94. The van der Waals surface area contributed by atoms with Crippen LogP contribution in [-0.2, 0) is 6.30 Å². The maximum atomic E-state index is 12.1. The monoisotopic (exact) mass is 193 g/mol. The van der Waals surface area contributed by atoms with Gasteiger partial charge < -0.3 is 11.5 Å². The van der Waals surface area contributed by atoms with Gasteiger partial charge in [-0.3, -0.25) is 4.79 Å². The van der Waals surface area contributed by atoms with E-state index >= 15 is 0 Å². The molecule has 1 rings (SSSR count). The fraction of sp³-hybridized carbons (Fsp3) is 0.167. The molecular formula is C6H6F3N3O. The van der Waals surface area contributed by atoms with E-state index in [1.807, 2.05) is 0 Å². The van der Waals surface area contributed by atoms with Crippen LogP contribution in [0.2, 0.25) is 0 Å². The largest absolute Gasteiger partial charge is 0.491 e. The second-order valence-electron chi connectivity index (χ2n) is 2.37. The highest BCUT2D eigenvalue weighted by Crippen LogP contribution is 2.21. The zero-order chi connectivity index (χ0) is 10.2. The molecule has 0 radical (unpaired) electrons. The van der Waals surface area contributed by atoms with E-state index in [1.54, 1.807) is 0 Å². The lowest BCUT2D eigenvalue weighted by Gasteiger charge is -2.10. The van der Waals surface area contributed by atoms with Crippen molar-refractivity contribution < 1.29 is 13.2 Å². The number of rotatable bonds is 0. The summed E-state index contributed by atoms with van der Waals surface area (Å²) < 4.78 is 35.7. The van der Waals surface area contributed by atoms with Gasteiger partial charge in [-0.25, -0.2) is 4.57 Å². The number of nitrogens with two attached hydrogens (primary N) is 2. The molecule has 4 nitrogen and oxygen atoms in total. The lowest BCUT2D eigenvalue weighted by molar-refractivity contribution is -0.206. The molecular weight excluding hydrogens is 187 g/mol. The van der Waals surface area contributed by atoms with Crippen LogP contribution in [0.3, 0.4) is 0 Å². The molecule has 0 unspecified atom stereocenters. The number of hydrogen-bond donors (Lipinski definition) is 2. The molecule has 0 aliphatic carbocycles. The predicted octanol–water partition coefficient (Wildman–Crippen LogP) is 0.489. The van der Waals surface area contributed by atoms with Crippen LogP contribution >= 0.6 is 0 Å². The molecule has 0 aliphatic rings. The Labute approximate surface area is 70.6 Å². The predicted molar refractivity (Wildman–Crippen MR) is 40.8 cm³/mol. The van der Waals surface area contributed by atoms with Crippen molar-refractivity contribution in [3.63, 3.8) is 0 Å². The number of aromatic nitrogens is 1. The minimum absolute atomic E-state index is 0.213. The lowest BCUT2D eigenvalue weighted by atomic mass is 10.4. The van der Waals surface area contributed by atoms with Crippen molar-refractivity contribution in [3.8, 4) is 0 Å². The number of nitrogen functional groups attached to an aromatic ring is 2. The van der Waals surface area contributed by atoms with Crippen molar-refractivity contribution in [2.24, 2.45) is 0 Å². The molecule has 1 aromatic heterocycles. The molecule has 0 saturated carbocycles. The van der Waals surface area contributed by atoms with E-state index in [9.17, 15) is 18.0 Å². The van der Waals surface area contributed by atoms with Crippen LogP contribution in [0, 0.1) is 0 Å². The van der Waals surface area contributed by atoms with E-state index in [2.05, 4.69) is 0 Å². The van der Waals surface area contributed by atoms with Crippen LogP contribution in [0.1, 0.15) is 0 Å². The number of hydrogen-bond acceptors (Lipinski definition) is 3. The maximum absolute atomic E-state index is 12.1. The summed E-state index contributed by atoms with van der Waals surface area (Å²) in [5, 5.41) is 0. The highest BCUT2D eigenvalue weighted by atomic mass is 19.4. The average molecular weight is 193 g/mol. The first-order valence-corrected chi connectivity index (χ1v) is 3.17. The van der Waals surface area contributed by atoms with Gasteiger partial charge in [-0.2, -0.15) is 0 Å². The Morgan fingerprint density at radius 2 is 1.85 bits per heavy atom. The van der Waals surface area contributed by atoms with E-state index in [1.165, 1.54) is 0 Å². The summed E-state index contributed by atoms with van der Waals surface area (Å²) in [6.07, 6.45) is -4.31. The van der Waals surface area contributed by atoms with Crippen molar-refractivity contribution >= 4 is 11.4 Å². The number of halogens is 3. The van der Waals surface area contributed by atoms with Gasteiger partial charge in [-0.15, -0.1) is 13.2 Å². The molecule has 0 fully saturated rings. The molecule has 7 heteroatoms. The zero-order valence-corrected chi connectivity index (χ0v) is 6.30. The fourth-order valence-corrected chi connectivity index (χ4v) is 0.814. The Bertz CT molecular complexity index is 382. The third kappa shape index (κ3) is 1.74. The van der Waals surface area contributed by atoms with E-state index < -0.39 is 22.1 Å². The van der Waals surface area contributed by atoms with Crippen molar-refractivity contribution in [2.45, 2.75) is 6.30 Å². The summed E-state index contributed by atoms with van der Waals surface area (Å²) in [5.74, 6) is 0. The van der Waals surface area contributed by atoms with E-state index in [0.29, 0.717) is 6.20 Å². The number of nitrogens with zero attached hydrogens (tertiary/aromatic N) is 1. The summed E-state index contributed by atoms with van der Waals surface area (Å²) in [7, 11) is 0. The Hall–Kier alpha value is -1.66. The quantitative estimate of drug-likeness (QED) is 0.629. The SMILES string of the molecule is Nc1cc(N)c(=O)n(C(F)(F)F)c1. The lowest BCUT2D eigenvalue weighted by Crippen LogP contribution is -2.32. The van der Waals surface area contributed by atoms with E-state index in [0.717, 1.165) is 6.07 Å². The molecule has 0 amide bonds. The minimum Gasteiger partial charge on any atom is -0.397 e. The van der Waals surface area contributed by atoms with Gasteiger partial charge in [0.15, 0.2) is 0 Å². The highest BCUT2D eigenvalue weighted by Gasteiger charge is 2.32. The van der Waals surface area contributed by atoms with Gasteiger partial charge in [-0.05, 0) is 6.07 Å². The number of alkyl halides is 3. The van der Waals surface area contributed by atoms with Gasteiger partial charge in [-0.1, -0.05) is 0 Å². The summed E-state index contributed by atoms with van der Waals surface area (Å²) in [4.78, 5) is 10.8. The molecule has 0 atom stereocenters. The van der Waals surface area contributed by atoms with Gasteiger partial charge in [0.25, 0.3) is 5.56 Å².